The predicted octanol–water partition coefficient (Wildman–Crippen LogP) is 3.32. The van der Waals surface area contributed by atoms with Crippen molar-refractivity contribution in [3.63, 3.8) is 0 Å². The summed E-state index contributed by atoms with van der Waals surface area (Å²) in [5.74, 6) is 1.34. The lowest BCUT2D eigenvalue weighted by Crippen LogP contribution is -2.37. The van der Waals surface area contributed by atoms with E-state index in [0.717, 1.165) is 43.3 Å². The zero-order valence-electron chi connectivity index (χ0n) is 21.0. The Hall–Kier alpha value is -2.92. The number of hydrogen-bond acceptors (Lipinski definition) is 8. The first-order valence-corrected chi connectivity index (χ1v) is 14.3. The van der Waals surface area contributed by atoms with Crippen molar-refractivity contribution in [1.29, 1.82) is 0 Å². The number of anilines is 1. The quantitative estimate of drug-likeness (QED) is 0.497. The van der Waals surface area contributed by atoms with Crippen molar-refractivity contribution in [1.82, 2.24) is 19.7 Å². The minimum atomic E-state index is -3.46. The molecule has 36 heavy (non-hydrogen) atoms. The highest BCUT2D eigenvalue weighted by Gasteiger charge is 2.26. The molecule has 0 radical (unpaired) electrons. The van der Waals surface area contributed by atoms with E-state index in [4.69, 9.17) is 19.0 Å². The smallest absolute Gasteiger partial charge is 0.264 e. The van der Waals surface area contributed by atoms with E-state index < -0.39 is 10.1 Å². The maximum Gasteiger partial charge on any atom is 0.264 e. The van der Waals surface area contributed by atoms with Gasteiger partial charge in [-0.05, 0) is 37.8 Å². The molecule has 1 aliphatic heterocycles. The largest absolute Gasteiger partial charge is 0.496 e. The SMILES string of the molecule is COc1cc(N2CCC(OS(C)(=O)=O)CC2)ccc1-c1nc2c(c(C3CCCCC3)nn2C)c(=O)[nH]1. The lowest BCUT2D eigenvalue weighted by molar-refractivity contribution is 0.180. The number of nitrogens with zero attached hydrogens (tertiary/aromatic N) is 4. The van der Waals surface area contributed by atoms with Gasteiger partial charge in [-0.25, -0.2) is 9.67 Å². The Morgan fingerprint density at radius 1 is 1.08 bits per heavy atom. The van der Waals surface area contributed by atoms with Crippen LogP contribution in [0.5, 0.6) is 5.75 Å². The van der Waals surface area contributed by atoms with E-state index in [9.17, 15) is 13.2 Å². The number of methoxy groups -OCH3 is 1. The molecule has 2 fully saturated rings. The van der Waals surface area contributed by atoms with Gasteiger partial charge in [-0.3, -0.25) is 8.98 Å². The minimum absolute atomic E-state index is 0.178. The molecule has 5 rings (SSSR count). The number of ether oxygens (including phenoxy) is 1. The molecule has 1 aromatic carbocycles. The third-order valence-electron chi connectivity index (χ3n) is 7.27. The maximum absolute atomic E-state index is 13.2. The van der Waals surface area contributed by atoms with Crippen LogP contribution in [-0.4, -0.2) is 60.7 Å². The molecule has 2 aliphatic rings. The van der Waals surface area contributed by atoms with Crippen molar-refractivity contribution >= 4 is 26.8 Å². The first-order valence-electron chi connectivity index (χ1n) is 12.5. The number of aromatic amines is 1. The molecule has 10 nitrogen and oxygen atoms in total. The molecule has 1 N–H and O–H groups in total. The summed E-state index contributed by atoms with van der Waals surface area (Å²) in [7, 11) is -0.0314. The molecule has 1 saturated heterocycles. The molecule has 0 bridgehead atoms. The number of aryl methyl sites for hydroxylation is 1. The highest BCUT2D eigenvalue weighted by Crippen LogP contribution is 2.36. The summed E-state index contributed by atoms with van der Waals surface area (Å²) in [6.07, 6.45) is 7.70. The highest BCUT2D eigenvalue weighted by molar-refractivity contribution is 7.86. The van der Waals surface area contributed by atoms with Crippen LogP contribution >= 0.6 is 0 Å². The number of nitrogens with one attached hydrogen (secondary N) is 1. The summed E-state index contributed by atoms with van der Waals surface area (Å²) in [6.45, 7) is 1.34. The molecule has 1 aliphatic carbocycles. The number of fused-ring (bicyclic) bond motifs is 1. The topological polar surface area (TPSA) is 119 Å². The second kappa shape index (κ2) is 9.85. The number of aromatic nitrogens is 4. The van der Waals surface area contributed by atoms with E-state index in [0.29, 0.717) is 60.0 Å². The number of rotatable bonds is 6. The van der Waals surface area contributed by atoms with Crippen LogP contribution in [0, 0.1) is 0 Å². The van der Waals surface area contributed by atoms with Gasteiger partial charge in [0.2, 0.25) is 0 Å². The second-order valence-electron chi connectivity index (χ2n) is 9.83. The van der Waals surface area contributed by atoms with Crippen LogP contribution in [0.3, 0.4) is 0 Å². The number of benzene rings is 1. The minimum Gasteiger partial charge on any atom is -0.496 e. The standard InChI is InChI=1S/C25H33N5O5S/c1-29-24-21(22(28-29)16-7-5-4-6-8-16)25(31)27-23(26-24)19-10-9-17(15-20(19)34-2)30-13-11-18(12-14-30)35-36(3,32)33/h9-10,15-16,18H,4-8,11-14H2,1-3H3,(H,26,27,31). The van der Waals surface area contributed by atoms with Crippen LogP contribution < -0.4 is 15.2 Å². The summed E-state index contributed by atoms with van der Waals surface area (Å²) >= 11 is 0. The van der Waals surface area contributed by atoms with Crippen molar-refractivity contribution in [3.05, 3.63) is 34.2 Å². The molecule has 194 valence electrons. The van der Waals surface area contributed by atoms with Gasteiger partial charge in [0.1, 0.15) is 17.0 Å². The Labute approximate surface area is 210 Å². The third kappa shape index (κ3) is 4.99. The summed E-state index contributed by atoms with van der Waals surface area (Å²) in [6, 6.07) is 5.79. The fourth-order valence-corrected chi connectivity index (χ4v) is 6.19. The van der Waals surface area contributed by atoms with Gasteiger partial charge in [-0.2, -0.15) is 13.5 Å². The summed E-state index contributed by atoms with van der Waals surface area (Å²) < 4.78 is 35.4. The van der Waals surface area contributed by atoms with E-state index in [1.165, 1.54) is 6.42 Å². The van der Waals surface area contributed by atoms with E-state index in [-0.39, 0.29) is 11.7 Å². The van der Waals surface area contributed by atoms with Crippen molar-refractivity contribution in [2.45, 2.75) is 57.0 Å². The van der Waals surface area contributed by atoms with E-state index in [2.05, 4.69) is 9.88 Å². The summed E-state index contributed by atoms with van der Waals surface area (Å²) in [5, 5.41) is 5.29. The zero-order valence-corrected chi connectivity index (χ0v) is 21.8. The highest BCUT2D eigenvalue weighted by atomic mass is 32.2. The predicted molar refractivity (Wildman–Crippen MR) is 138 cm³/mol. The van der Waals surface area contributed by atoms with E-state index >= 15 is 0 Å². The molecule has 3 aromatic rings. The molecule has 1 saturated carbocycles. The maximum atomic E-state index is 13.2. The van der Waals surface area contributed by atoms with E-state index in [1.807, 2.05) is 25.2 Å². The van der Waals surface area contributed by atoms with Gasteiger partial charge in [0, 0.05) is 37.8 Å². The van der Waals surface area contributed by atoms with Crippen molar-refractivity contribution < 1.29 is 17.3 Å². The Morgan fingerprint density at radius 2 is 1.81 bits per heavy atom. The first kappa shape index (κ1) is 24.8. The molecule has 11 heteroatoms. The number of H-pyrrole nitrogens is 1. The van der Waals surface area contributed by atoms with Gasteiger partial charge in [0.05, 0.1) is 30.7 Å². The van der Waals surface area contributed by atoms with E-state index in [1.54, 1.807) is 11.8 Å². The lowest BCUT2D eigenvalue weighted by Gasteiger charge is -2.33. The van der Waals surface area contributed by atoms with Crippen LogP contribution in [-0.2, 0) is 21.3 Å². The Morgan fingerprint density at radius 3 is 2.47 bits per heavy atom. The van der Waals surface area contributed by atoms with Gasteiger partial charge >= 0.3 is 0 Å². The van der Waals surface area contributed by atoms with Gasteiger partial charge in [0.25, 0.3) is 15.7 Å². The molecular formula is C25H33N5O5S. The lowest BCUT2D eigenvalue weighted by atomic mass is 9.86. The molecular weight excluding hydrogens is 482 g/mol. The fraction of sp³-hybridized carbons (Fsp3) is 0.560. The molecule has 2 aromatic heterocycles. The first-order chi connectivity index (χ1) is 17.2. The van der Waals surface area contributed by atoms with Crippen LogP contribution in [0.4, 0.5) is 5.69 Å². The average molecular weight is 516 g/mol. The van der Waals surface area contributed by atoms with Crippen LogP contribution in [0.25, 0.3) is 22.4 Å². The van der Waals surface area contributed by atoms with Crippen LogP contribution in [0.15, 0.2) is 23.0 Å². The van der Waals surface area contributed by atoms with Crippen molar-refractivity contribution in [2.75, 3.05) is 31.4 Å². The molecule has 3 heterocycles. The number of hydrogen-bond donors (Lipinski definition) is 1. The third-order valence-corrected chi connectivity index (χ3v) is 7.89. The van der Waals surface area contributed by atoms with Crippen LogP contribution in [0.2, 0.25) is 0 Å². The Balaban J connectivity index is 1.43. The fourth-order valence-electron chi connectivity index (χ4n) is 5.50. The summed E-state index contributed by atoms with van der Waals surface area (Å²) in [5.41, 5.74) is 2.90. The number of piperidine rings is 1. The van der Waals surface area contributed by atoms with Gasteiger partial charge in [-0.1, -0.05) is 19.3 Å². The van der Waals surface area contributed by atoms with Gasteiger partial charge in [0.15, 0.2) is 5.65 Å². The van der Waals surface area contributed by atoms with Gasteiger partial charge in [-0.15, -0.1) is 0 Å². The van der Waals surface area contributed by atoms with Crippen LogP contribution in [0.1, 0.15) is 56.6 Å². The normalized spacial score (nSPS) is 18.1. The van der Waals surface area contributed by atoms with Crippen molar-refractivity contribution in [2.24, 2.45) is 7.05 Å². The Kier molecular flexibility index (Phi) is 6.78. The summed E-state index contributed by atoms with van der Waals surface area (Å²) in [4.78, 5) is 23.2. The zero-order chi connectivity index (χ0) is 25.4. The Bertz CT molecular complexity index is 1420. The van der Waals surface area contributed by atoms with Crippen molar-refractivity contribution in [3.8, 4) is 17.1 Å². The monoisotopic (exact) mass is 515 g/mol. The second-order valence-corrected chi connectivity index (χ2v) is 11.4. The molecule has 0 atom stereocenters. The molecule has 0 amide bonds. The van der Waals surface area contributed by atoms with Gasteiger partial charge < -0.3 is 14.6 Å². The average Bonchev–Trinajstić information content (AvgIpc) is 3.20. The molecule has 0 spiro atoms. The molecule has 0 unspecified atom stereocenters.